The SMILES string of the molecule is CC(C)(NCC(O)c1ccccc1F)C1CC1. The van der Waals surface area contributed by atoms with Gasteiger partial charge in [-0.25, -0.2) is 4.39 Å². The minimum absolute atomic E-state index is 0.0340. The van der Waals surface area contributed by atoms with Crippen molar-refractivity contribution >= 4 is 0 Å². The highest BCUT2D eigenvalue weighted by molar-refractivity contribution is 5.20. The zero-order chi connectivity index (χ0) is 12.5. The summed E-state index contributed by atoms with van der Waals surface area (Å²) in [5.41, 5.74) is 0.401. The maximum absolute atomic E-state index is 13.4. The maximum atomic E-state index is 13.4. The van der Waals surface area contributed by atoms with E-state index in [9.17, 15) is 9.50 Å². The topological polar surface area (TPSA) is 32.3 Å². The van der Waals surface area contributed by atoms with Gasteiger partial charge in [0.05, 0.1) is 6.10 Å². The van der Waals surface area contributed by atoms with Crippen molar-refractivity contribution < 1.29 is 9.50 Å². The molecule has 1 atom stereocenters. The van der Waals surface area contributed by atoms with E-state index >= 15 is 0 Å². The molecule has 0 amide bonds. The summed E-state index contributed by atoms with van der Waals surface area (Å²) in [6, 6.07) is 6.39. The summed E-state index contributed by atoms with van der Waals surface area (Å²) in [7, 11) is 0. The minimum atomic E-state index is -0.783. The van der Waals surface area contributed by atoms with Gasteiger partial charge < -0.3 is 10.4 Å². The van der Waals surface area contributed by atoms with Gasteiger partial charge in [-0.1, -0.05) is 18.2 Å². The lowest BCUT2D eigenvalue weighted by Crippen LogP contribution is -2.43. The number of hydrogen-bond donors (Lipinski definition) is 2. The molecule has 1 aliphatic rings. The lowest BCUT2D eigenvalue weighted by atomic mass is 9.98. The summed E-state index contributed by atoms with van der Waals surface area (Å²) >= 11 is 0. The van der Waals surface area contributed by atoms with Crippen molar-refractivity contribution in [1.82, 2.24) is 5.32 Å². The number of benzene rings is 1. The second-order valence-electron chi connectivity index (χ2n) is 5.41. The molecule has 1 aromatic carbocycles. The number of aliphatic hydroxyl groups is 1. The fraction of sp³-hybridized carbons (Fsp3) is 0.571. The lowest BCUT2D eigenvalue weighted by molar-refractivity contribution is 0.153. The predicted octanol–water partition coefficient (Wildman–Crippen LogP) is 2.64. The number of aliphatic hydroxyl groups excluding tert-OH is 1. The first-order valence-electron chi connectivity index (χ1n) is 6.18. The molecule has 2 rings (SSSR count). The Morgan fingerprint density at radius 3 is 2.65 bits per heavy atom. The Bertz CT molecular complexity index is 388. The number of β-amino-alcohol motifs (C(OH)–C–C–N with tert-alkyl or cyclic N) is 1. The van der Waals surface area contributed by atoms with Gasteiger partial charge in [0, 0.05) is 17.6 Å². The molecule has 1 unspecified atom stereocenters. The zero-order valence-corrected chi connectivity index (χ0v) is 10.4. The van der Waals surface area contributed by atoms with Crippen molar-refractivity contribution in [3.05, 3.63) is 35.6 Å². The maximum Gasteiger partial charge on any atom is 0.129 e. The predicted molar refractivity (Wildman–Crippen MR) is 66.2 cm³/mol. The summed E-state index contributed by atoms with van der Waals surface area (Å²) in [5, 5.41) is 13.3. The normalized spacial score (nSPS) is 18.1. The summed E-state index contributed by atoms with van der Waals surface area (Å²) in [4.78, 5) is 0. The average molecular weight is 237 g/mol. The zero-order valence-electron chi connectivity index (χ0n) is 10.4. The van der Waals surface area contributed by atoms with Crippen LogP contribution in [0, 0.1) is 11.7 Å². The molecule has 17 heavy (non-hydrogen) atoms. The Hall–Kier alpha value is -0.930. The fourth-order valence-electron chi connectivity index (χ4n) is 2.16. The van der Waals surface area contributed by atoms with Crippen LogP contribution in [-0.4, -0.2) is 17.2 Å². The largest absolute Gasteiger partial charge is 0.387 e. The van der Waals surface area contributed by atoms with E-state index in [2.05, 4.69) is 19.2 Å². The number of halogens is 1. The molecule has 2 N–H and O–H groups in total. The quantitative estimate of drug-likeness (QED) is 0.825. The second-order valence-corrected chi connectivity index (χ2v) is 5.41. The van der Waals surface area contributed by atoms with Crippen LogP contribution in [0.2, 0.25) is 0 Å². The van der Waals surface area contributed by atoms with Crippen molar-refractivity contribution in [2.24, 2.45) is 5.92 Å². The summed E-state index contributed by atoms with van der Waals surface area (Å²) < 4.78 is 13.4. The molecule has 0 saturated heterocycles. The van der Waals surface area contributed by atoms with Crippen molar-refractivity contribution in [1.29, 1.82) is 0 Å². The van der Waals surface area contributed by atoms with E-state index in [1.54, 1.807) is 18.2 Å². The molecule has 0 radical (unpaired) electrons. The molecule has 0 bridgehead atoms. The van der Waals surface area contributed by atoms with Crippen LogP contribution in [0.25, 0.3) is 0 Å². The highest BCUT2D eigenvalue weighted by Crippen LogP contribution is 2.39. The van der Waals surface area contributed by atoms with Crippen LogP contribution in [-0.2, 0) is 0 Å². The van der Waals surface area contributed by atoms with Crippen LogP contribution in [0.4, 0.5) is 4.39 Å². The third kappa shape index (κ3) is 3.05. The van der Waals surface area contributed by atoms with Gasteiger partial charge in [-0.15, -0.1) is 0 Å². The Balaban J connectivity index is 1.93. The van der Waals surface area contributed by atoms with Crippen LogP contribution < -0.4 is 5.32 Å². The molecule has 0 heterocycles. The van der Waals surface area contributed by atoms with Crippen LogP contribution in [0.3, 0.4) is 0 Å². The van der Waals surface area contributed by atoms with Crippen LogP contribution in [0.1, 0.15) is 38.4 Å². The fourth-order valence-corrected chi connectivity index (χ4v) is 2.16. The van der Waals surface area contributed by atoms with Crippen molar-refractivity contribution in [2.75, 3.05) is 6.54 Å². The van der Waals surface area contributed by atoms with Crippen molar-refractivity contribution in [3.8, 4) is 0 Å². The molecule has 0 aromatic heterocycles. The van der Waals surface area contributed by atoms with Gasteiger partial charge in [0.25, 0.3) is 0 Å². The van der Waals surface area contributed by atoms with E-state index in [4.69, 9.17) is 0 Å². The monoisotopic (exact) mass is 237 g/mol. The Morgan fingerprint density at radius 2 is 2.06 bits per heavy atom. The van der Waals surface area contributed by atoms with Gasteiger partial charge >= 0.3 is 0 Å². The first kappa shape index (κ1) is 12.5. The van der Waals surface area contributed by atoms with Gasteiger partial charge in [0.15, 0.2) is 0 Å². The Labute approximate surface area is 102 Å². The first-order chi connectivity index (χ1) is 8.00. The molecule has 3 heteroatoms. The molecule has 0 aliphatic heterocycles. The Kier molecular flexibility index (Phi) is 3.50. The van der Waals surface area contributed by atoms with Crippen LogP contribution in [0.15, 0.2) is 24.3 Å². The molecule has 1 aromatic rings. The van der Waals surface area contributed by atoms with E-state index in [0.29, 0.717) is 18.0 Å². The standard InChI is InChI=1S/C14H20FNO/c1-14(2,10-7-8-10)16-9-13(17)11-5-3-4-6-12(11)15/h3-6,10,13,16-17H,7-9H2,1-2H3. The molecular formula is C14H20FNO. The molecule has 1 saturated carbocycles. The smallest absolute Gasteiger partial charge is 0.129 e. The van der Waals surface area contributed by atoms with Gasteiger partial charge in [-0.2, -0.15) is 0 Å². The van der Waals surface area contributed by atoms with Crippen molar-refractivity contribution in [2.45, 2.75) is 38.3 Å². The van der Waals surface area contributed by atoms with E-state index in [1.165, 1.54) is 18.9 Å². The summed E-state index contributed by atoms with van der Waals surface area (Å²) in [6.45, 7) is 4.67. The third-order valence-corrected chi connectivity index (χ3v) is 3.61. The number of nitrogens with one attached hydrogen (secondary N) is 1. The van der Waals surface area contributed by atoms with Gasteiger partial charge in [-0.05, 0) is 38.7 Å². The average Bonchev–Trinajstić information content (AvgIpc) is 3.11. The Morgan fingerprint density at radius 1 is 1.41 bits per heavy atom. The molecular weight excluding hydrogens is 217 g/mol. The van der Waals surface area contributed by atoms with Crippen LogP contribution >= 0.6 is 0 Å². The lowest BCUT2D eigenvalue weighted by Gasteiger charge is -2.28. The summed E-state index contributed by atoms with van der Waals surface area (Å²) in [5.74, 6) is 0.348. The van der Waals surface area contributed by atoms with Gasteiger partial charge in [0.2, 0.25) is 0 Å². The highest BCUT2D eigenvalue weighted by atomic mass is 19.1. The minimum Gasteiger partial charge on any atom is -0.387 e. The molecule has 94 valence electrons. The molecule has 0 spiro atoms. The molecule has 1 aliphatic carbocycles. The van der Waals surface area contributed by atoms with Gasteiger partial charge in [-0.3, -0.25) is 0 Å². The number of rotatable bonds is 5. The molecule has 1 fully saturated rings. The van der Waals surface area contributed by atoms with E-state index in [-0.39, 0.29) is 11.4 Å². The number of hydrogen-bond acceptors (Lipinski definition) is 2. The molecule has 2 nitrogen and oxygen atoms in total. The van der Waals surface area contributed by atoms with Crippen LogP contribution in [0.5, 0.6) is 0 Å². The van der Waals surface area contributed by atoms with E-state index in [0.717, 1.165) is 0 Å². The van der Waals surface area contributed by atoms with E-state index in [1.807, 2.05) is 0 Å². The second kappa shape index (κ2) is 4.75. The summed E-state index contributed by atoms with van der Waals surface area (Å²) in [6.07, 6.45) is 1.71. The van der Waals surface area contributed by atoms with E-state index < -0.39 is 6.10 Å². The first-order valence-corrected chi connectivity index (χ1v) is 6.18. The third-order valence-electron chi connectivity index (χ3n) is 3.61. The van der Waals surface area contributed by atoms with Gasteiger partial charge in [0.1, 0.15) is 5.82 Å². The van der Waals surface area contributed by atoms with Crippen molar-refractivity contribution in [3.63, 3.8) is 0 Å². The highest BCUT2D eigenvalue weighted by Gasteiger charge is 2.37.